The number of halogens is 1. The van der Waals surface area contributed by atoms with Crippen molar-refractivity contribution in [3.63, 3.8) is 0 Å². The van der Waals surface area contributed by atoms with Gasteiger partial charge in [0, 0.05) is 13.1 Å². The fourth-order valence-electron chi connectivity index (χ4n) is 2.65. The van der Waals surface area contributed by atoms with Crippen LogP contribution in [0.1, 0.15) is 30.1 Å². The molecule has 0 aromatic heterocycles. The highest BCUT2D eigenvalue weighted by atomic mass is 19.1. The van der Waals surface area contributed by atoms with E-state index in [2.05, 4.69) is 12.2 Å². The summed E-state index contributed by atoms with van der Waals surface area (Å²) in [4.78, 5) is 24.7. The first-order valence-electron chi connectivity index (χ1n) is 6.50. The maximum Gasteiger partial charge on any atom is 0.296 e. The predicted octanol–water partition coefficient (Wildman–Crippen LogP) is 2.20. The molecule has 3 rings (SSSR count). The summed E-state index contributed by atoms with van der Waals surface area (Å²) in [5.74, 6) is -1.11. The van der Waals surface area contributed by atoms with Crippen LogP contribution in [0.2, 0.25) is 0 Å². The zero-order valence-electron chi connectivity index (χ0n) is 10.7. The number of Topliss-reactive ketones (excluding diaryl/α,β-unsaturated/α-hetero) is 1. The summed E-state index contributed by atoms with van der Waals surface area (Å²) in [6.45, 7) is 3.80. The quantitative estimate of drug-likeness (QED) is 0.789. The van der Waals surface area contributed by atoms with Gasteiger partial charge in [0.05, 0.1) is 16.9 Å². The molecule has 5 heteroatoms. The van der Waals surface area contributed by atoms with Crippen LogP contribution in [0.15, 0.2) is 12.1 Å². The number of hydrogen-bond donors (Lipinski definition) is 1. The van der Waals surface area contributed by atoms with Gasteiger partial charge in [0.2, 0.25) is 0 Å². The van der Waals surface area contributed by atoms with E-state index in [1.54, 1.807) is 6.07 Å². The maximum atomic E-state index is 14.1. The highest BCUT2D eigenvalue weighted by molar-refractivity contribution is 6.51. The summed E-state index contributed by atoms with van der Waals surface area (Å²) in [5.41, 5.74) is 1.03. The molecule has 1 fully saturated rings. The summed E-state index contributed by atoms with van der Waals surface area (Å²) >= 11 is 0. The average molecular weight is 262 g/mol. The molecule has 1 aromatic rings. The lowest BCUT2D eigenvalue weighted by Crippen LogP contribution is -2.33. The minimum atomic E-state index is -0.682. The molecule has 1 saturated heterocycles. The SMILES string of the molecule is CC1CCN(c2cc3c(cc2F)C(=O)C(=O)N3)CC1. The van der Waals surface area contributed by atoms with Gasteiger partial charge in [0.25, 0.3) is 11.7 Å². The average Bonchev–Trinajstić information content (AvgIpc) is 2.66. The van der Waals surface area contributed by atoms with E-state index >= 15 is 0 Å². The van der Waals surface area contributed by atoms with E-state index in [4.69, 9.17) is 0 Å². The molecule has 0 bridgehead atoms. The number of nitrogens with one attached hydrogen (secondary N) is 1. The van der Waals surface area contributed by atoms with Crippen LogP contribution in [0.5, 0.6) is 0 Å². The van der Waals surface area contributed by atoms with Crippen molar-refractivity contribution >= 4 is 23.1 Å². The predicted molar refractivity (Wildman–Crippen MR) is 70.0 cm³/mol. The molecular formula is C14H15FN2O2. The van der Waals surface area contributed by atoms with Gasteiger partial charge in [-0.25, -0.2) is 4.39 Å². The van der Waals surface area contributed by atoms with Crippen LogP contribution in [0.25, 0.3) is 0 Å². The second-order valence-electron chi connectivity index (χ2n) is 5.30. The third-order valence-corrected chi connectivity index (χ3v) is 3.91. The van der Waals surface area contributed by atoms with Gasteiger partial charge < -0.3 is 10.2 Å². The normalized spacial score (nSPS) is 19.6. The first kappa shape index (κ1) is 12.1. The highest BCUT2D eigenvalue weighted by Gasteiger charge is 2.30. The number of fused-ring (bicyclic) bond motifs is 1. The molecule has 2 heterocycles. The van der Waals surface area contributed by atoms with Crippen LogP contribution in [0, 0.1) is 11.7 Å². The summed E-state index contributed by atoms with van der Waals surface area (Å²) in [6.07, 6.45) is 2.06. The van der Waals surface area contributed by atoms with Gasteiger partial charge in [-0.05, 0) is 30.9 Å². The standard InChI is InChI=1S/C14H15FN2O2/c1-8-2-4-17(5-3-8)12-7-11-9(6-10(12)15)13(18)14(19)16-11/h6-8H,2-5H2,1H3,(H,16,18,19). The van der Waals surface area contributed by atoms with Crippen molar-refractivity contribution in [1.82, 2.24) is 0 Å². The Bertz CT molecular complexity index is 563. The van der Waals surface area contributed by atoms with Gasteiger partial charge in [0.1, 0.15) is 5.82 Å². The number of rotatable bonds is 1. The molecular weight excluding hydrogens is 247 g/mol. The molecule has 0 spiro atoms. The largest absolute Gasteiger partial charge is 0.369 e. The molecule has 0 radical (unpaired) electrons. The van der Waals surface area contributed by atoms with Gasteiger partial charge in [-0.1, -0.05) is 6.92 Å². The number of carbonyl (C=O) groups is 2. The first-order chi connectivity index (χ1) is 9.06. The third kappa shape index (κ3) is 1.99. The fraction of sp³-hybridized carbons (Fsp3) is 0.429. The minimum absolute atomic E-state index is 0.136. The number of carbonyl (C=O) groups excluding carboxylic acids is 2. The Labute approximate surface area is 110 Å². The lowest BCUT2D eigenvalue weighted by molar-refractivity contribution is -0.112. The molecule has 0 aliphatic carbocycles. The lowest BCUT2D eigenvalue weighted by atomic mass is 9.98. The Morgan fingerprint density at radius 1 is 1.26 bits per heavy atom. The van der Waals surface area contributed by atoms with Gasteiger partial charge in [-0.15, -0.1) is 0 Å². The monoisotopic (exact) mass is 262 g/mol. The number of amides is 1. The van der Waals surface area contributed by atoms with E-state index in [0.29, 0.717) is 17.3 Å². The van der Waals surface area contributed by atoms with Crippen molar-refractivity contribution in [2.45, 2.75) is 19.8 Å². The number of anilines is 2. The van der Waals surface area contributed by atoms with E-state index in [-0.39, 0.29) is 5.56 Å². The van der Waals surface area contributed by atoms with Crippen LogP contribution < -0.4 is 10.2 Å². The van der Waals surface area contributed by atoms with Crippen molar-refractivity contribution in [2.24, 2.45) is 5.92 Å². The molecule has 2 aliphatic rings. The molecule has 100 valence electrons. The topological polar surface area (TPSA) is 49.4 Å². The van der Waals surface area contributed by atoms with Crippen LogP contribution >= 0.6 is 0 Å². The Morgan fingerprint density at radius 3 is 2.63 bits per heavy atom. The Hall–Kier alpha value is -1.91. The van der Waals surface area contributed by atoms with E-state index in [1.165, 1.54) is 6.07 Å². The fourth-order valence-corrected chi connectivity index (χ4v) is 2.65. The number of piperidine rings is 1. The molecule has 1 N–H and O–H groups in total. The van der Waals surface area contributed by atoms with Gasteiger partial charge in [-0.2, -0.15) is 0 Å². The number of ketones is 1. The summed E-state index contributed by atoms with van der Waals surface area (Å²) in [7, 11) is 0. The highest BCUT2D eigenvalue weighted by Crippen LogP contribution is 2.33. The zero-order valence-corrected chi connectivity index (χ0v) is 10.7. The zero-order chi connectivity index (χ0) is 13.6. The maximum absolute atomic E-state index is 14.1. The Morgan fingerprint density at radius 2 is 1.95 bits per heavy atom. The second-order valence-corrected chi connectivity index (χ2v) is 5.30. The molecule has 0 atom stereocenters. The molecule has 0 unspecified atom stereocenters. The summed E-state index contributed by atoms with van der Waals surface area (Å²) < 4.78 is 14.1. The summed E-state index contributed by atoms with van der Waals surface area (Å²) in [6, 6.07) is 2.74. The third-order valence-electron chi connectivity index (χ3n) is 3.91. The lowest BCUT2D eigenvalue weighted by Gasteiger charge is -2.32. The van der Waals surface area contributed by atoms with E-state index in [1.807, 2.05) is 4.90 Å². The Kier molecular flexibility index (Phi) is 2.77. The van der Waals surface area contributed by atoms with Crippen molar-refractivity contribution < 1.29 is 14.0 Å². The molecule has 0 saturated carbocycles. The van der Waals surface area contributed by atoms with E-state index < -0.39 is 17.5 Å². The molecule has 4 nitrogen and oxygen atoms in total. The van der Waals surface area contributed by atoms with Gasteiger partial charge in [0.15, 0.2) is 0 Å². The molecule has 1 amide bonds. The number of hydrogen-bond acceptors (Lipinski definition) is 3. The van der Waals surface area contributed by atoms with E-state index in [0.717, 1.165) is 25.9 Å². The number of benzene rings is 1. The molecule has 2 aliphatic heterocycles. The van der Waals surface area contributed by atoms with Crippen LogP contribution in [-0.2, 0) is 4.79 Å². The van der Waals surface area contributed by atoms with Crippen LogP contribution in [0.3, 0.4) is 0 Å². The summed E-state index contributed by atoms with van der Waals surface area (Å²) in [5, 5.41) is 2.48. The Balaban J connectivity index is 1.94. The van der Waals surface area contributed by atoms with Gasteiger partial charge in [-0.3, -0.25) is 9.59 Å². The minimum Gasteiger partial charge on any atom is -0.369 e. The van der Waals surface area contributed by atoms with Crippen molar-refractivity contribution in [1.29, 1.82) is 0 Å². The van der Waals surface area contributed by atoms with E-state index in [9.17, 15) is 14.0 Å². The smallest absolute Gasteiger partial charge is 0.296 e. The first-order valence-corrected chi connectivity index (χ1v) is 6.50. The number of nitrogens with zero attached hydrogens (tertiary/aromatic N) is 1. The van der Waals surface area contributed by atoms with Gasteiger partial charge >= 0.3 is 0 Å². The van der Waals surface area contributed by atoms with Crippen LogP contribution in [-0.4, -0.2) is 24.8 Å². The van der Waals surface area contributed by atoms with Crippen molar-refractivity contribution in [3.8, 4) is 0 Å². The van der Waals surface area contributed by atoms with Crippen molar-refractivity contribution in [2.75, 3.05) is 23.3 Å². The van der Waals surface area contributed by atoms with Crippen LogP contribution in [0.4, 0.5) is 15.8 Å². The molecule has 1 aromatic carbocycles. The molecule has 19 heavy (non-hydrogen) atoms. The second kappa shape index (κ2) is 4.33. The van der Waals surface area contributed by atoms with Crippen molar-refractivity contribution in [3.05, 3.63) is 23.5 Å².